The van der Waals surface area contributed by atoms with Crippen LogP contribution in [0.4, 0.5) is 0 Å². The van der Waals surface area contributed by atoms with Crippen LogP contribution in [0.3, 0.4) is 0 Å². The van der Waals surface area contributed by atoms with Crippen molar-refractivity contribution >= 4 is 103 Å². The Kier molecular flexibility index (Phi) is 6.81. The number of amides is 2. The molecule has 13 heteroatoms. The minimum absolute atomic E-state index is 0.0699. The first-order valence-corrected chi connectivity index (χ1v) is 16.1. The maximum atomic E-state index is 12.8. The summed E-state index contributed by atoms with van der Waals surface area (Å²) < 4.78 is 7.79. The van der Waals surface area contributed by atoms with Gasteiger partial charge >= 0.3 is 0 Å². The van der Waals surface area contributed by atoms with Gasteiger partial charge in [0.15, 0.2) is 5.60 Å². The number of likely N-dealkylation sites (N-methyl/N-ethyl adjacent to an activating group) is 2. The van der Waals surface area contributed by atoms with E-state index in [9.17, 15) is 9.59 Å². The van der Waals surface area contributed by atoms with Gasteiger partial charge < -0.3 is 4.74 Å². The van der Waals surface area contributed by atoms with Gasteiger partial charge in [0.2, 0.25) is 5.88 Å². The van der Waals surface area contributed by atoms with Gasteiger partial charge in [-0.3, -0.25) is 19.4 Å². The molecular formula is C24H22N4O3S6. The molecule has 0 N–H and O–H groups in total. The molecule has 1 aliphatic carbocycles. The van der Waals surface area contributed by atoms with Gasteiger partial charge in [-0.25, -0.2) is 9.97 Å². The molecule has 4 aliphatic rings. The van der Waals surface area contributed by atoms with E-state index in [1.807, 2.05) is 26.0 Å². The number of thiazole rings is 2. The lowest BCUT2D eigenvalue weighted by Crippen LogP contribution is -2.38. The molecule has 7 nitrogen and oxygen atoms in total. The number of carbonyl (C=O) groups is 2. The molecule has 6 rings (SSSR count). The van der Waals surface area contributed by atoms with Crippen LogP contribution in [0.25, 0.3) is 21.9 Å². The topological polar surface area (TPSA) is 75.6 Å². The van der Waals surface area contributed by atoms with Crippen LogP contribution < -0.4 is 4.74 Å². The Bertz CT molecular complexity index is 1420. The van der Waals surface area contributed by atoms with E-state index in [0.717, 1.165) is 46.1 Å². The second-order valence-corrected chi connectivity index (χ2v) is 14.3. The molecule has 37 heavy (non-hydrogen) atoms. The summed E-state index contributed by atoms with van der Waals surface area (Å²) in [6.45, 7) is 4.93. The molecule has 0 atom stereocenters. The zero-order chi connectivity index (χ0) is 25.9. The summed E-state index contributed by atoms with van der Waals surface area (Å²) in [6.07, 6.45) is 8.72. The molecule has 5 heterocycles. The van der Waals surface area contributed by atoms with Crippen molar-refractivity contribution in [2.45, 2.75) is 51.6 Å². The molecule has 2 saturated heterocycles. The lowest BCUT2D eigenvalue weighted by molar-refractivity contribution is -0.122. The van der Waals surface area contributed by atoms with E-state index in [4.69, 9.17) is 39.1 Å². The van der Waals surface area contributed by atoms with E-state index >= 15 is 0 Å². The quantitative estimate of drug-likeness (QED) is 0.296. The molecule has 3 fully saturated rings. The third-order valence-corrected chi connectivity index (χ3v) is 11.6. The molecule has 0 aromatic carbocycles. The summed E-state index contributed by atoms with van der Waals surface area (Å²) >= 11 is 16.4. The lowest BCUT2D eigenvalue weighted by atomic mass is 9.80. The van der Waals surface area contributed by atoms with E-state index in [-0.39, 0.29) is 11.8 Å². The Morgan fingerprint density at radius 2 is 1.41 bits per heavy atom. The van der Waals surface area contributed by atoms with E-state index < -0.39 is 5.60 Å². The molecule has 0 bridgehead atoms. The molecule has 1 saturated carbocycles. The van der Waals surface area contributed by atoms with Gasteiger partial charge in [0.05, 0.1) is 14.7 Å². The Morgan fingerprint density at radius 3 is 1.95 bits per heavy atom. The first kappa shape index (κ1) is 25.6. The third-order valence-electron chi connectivity index (χ3n) is 6.74. The highest BCUT2D eigenvalue weighted by atomic mass is 32.2. The molecule has 192 valence electrons. The minimum atomic E-state index is -0.511. The highest BCUT2D eigenvalue weighted by Gasteiger charge is 2.46. The summed E-state index contributed by atoms with van der Waals surface area (Å²) in [6, 6.07) is 0. The predicted octanol–water partition coefficient (Wildman–Crippen LogP) is 6.26. The Balaban J connectivity index is 1.41. The lowest BCUT2D eigenvalue weighted by Gasteiger charge is -2.38. The van der Waals surface area contributed by atoms with Crippen LogP contribution in [-0.4, -0.2) is 53.3 Å². The Morgan fingerprint density at radius 1 is 0.865 bits per heavy atom. The summed E-state index contributed by atoms with van der Waals surface area (Å²) in [7, 11) is 0. The number of fused-ring (bicyclic) bond motifs is 4. The predicted molar refractivity (Wildman–Crippen MR) is 160 cm³/mol. The van der Waals surface area contributed by atoms with Crippen LogP contribution >= 0.6 is 70.6 Å². The molecule has 0 unspecified atom stereocenters. The second-order valence-electron chi connectivity index (χ2n) is 8.93. The third kappa shape index (κ3) is 4.31. The maximum Gasteiger partial charge on any atom is 0.266 e. The SMILES string of the molecule is CCN1C(=O)/C(=C/c2nc3c(s2)-c2sc(/C=C4\SC(=S)N(CC)C4=O)nc2C2(CCCCC2)O3)SC1=S. The number of rotatable bonds is 4. The van der Waals surface area contributed by atoms with Gasteiger partial charge in [0.1, 0.15) is 29.2 Å². The van der Waals surface area contributed by atoms with Gasteiger partial charge in [0, 0.05) is 13.1 Å². The standard InChI is InChI=1S/C24H22N4O3S6/c1-3-27-20(29)12(34-22(27)32)10-14-25-18-16(36-14)17-19(31-24(18)8-6-5-7-9-24)26-15(37-17)11-13-21(30)28(4-2)23(33)35-13/h10-11H,3-9H2,1-2H3/b12-10-,13-11-. The molecule has 2 aromatic heterocycles. The van der Waals surface area contributed by atoms with Crippen LogP contribution in [0.2, 0.25) is 0 Å². The van der Waals surface area contributed by atoms with Crippen molar-refractivity contribution in [3.63, 3.8) is 0 Å². The second kappa shape index (κ2) is 9.83. The highest BCUT2D eigenvalue weighted by molar-refractivity contribution is 8.27. The van der Waals surface area contributed by atoms with Gasteiger partial charge in [-0.2, -0.15) is 0 Å². The Hall–Kier alpha value is -1.64. The van der Waals surface area contributed by atoms with E-state index in [2.05, 4.69) is 0 Å². The van der Waals surface area contributed by atoms with Crippen LogP contribution in [0, 0.1) is 0 Å². The van der Waals surface area contributed by atoms with E-state index in [1.54, 1.807) is 21.1 Å². The monoisotopic (exact) mass is 606 g/mol. The smallest absolute Gasteiger partial charge is 0.266 e. The van der Waals surface area contributed by atoms with Crippen LogP contribution in [0.15, 0.2) is 9.81 Å². The number of ether oxygens (including phenoxy) is 1. The molecule has 2 amide bonds. The summed E-state index contributed by atoms with van der Waals surface area (Å²) in [4.78, 5) is 41.7. The average molecular weight is 607 g/mol. The molecule has 1 spiro atoms. The van der Waals surface area contributed by atoms with E-state index in [1.165, 1.54) is 41.3 Å². The van der Waals surface area contributed by atoms with Crippen LogP contribution in [-0.2, 0) is 15.2 Å². The van der Waals surface area contributed by atoms with E-state index in [0.29, 0.717) is 42.4 Å². The van der Waals surface area contributed by atoms with Crippen molar-refractivity contribution in [3.05, 3.63) is 25.5 Å². The largest absolute Gasteiger partial charge is 0.463 e. The first-order valence-electron chi connectivity index (χ1n) is 12.1. The molecular weight excluding hydrogens is 585 g/mol. The number of hydrogen-bond donors (Lipinski definition) is 0. The van der Waals surface area contributed by atoms with Crippen LogP contribution in [0.1, 0.15) is 61.7 Å². The van der Waals surface area contributed by atoms with Gasteiger partial charge in [-0.05, 0) is 51.7 Å². The number of carbonyl (C=O) groups excluding carboxylic acids is 2. The van der Waals surface area contributed by atoms with Crippen LogP contribution in [0.5, 0.6) is 5.88 Å². The summed E-state index contributed by atoms with van der Waals surface area (Å²) in [5, 5.41) is 1.47. The molecule has 0 radical (unpaired) electrons. The number of nitrogens with zero attached hydrogens (tertiary/aromatic N) is 4. The Labute approximate surface area is 241 Å². The zero-order valence-corrected chi connectivity index (χ0v) is 25.0. The fourth-order valence-corrected chi connectivity index (χ4v) is 9.95. The first-order chi connectivity index (χ1) is 17.8. The minimum Gasteiger partial charge on any atom is -0.463 e. The summed E-state index contributed by atoms with van der Waals surface area (Å²) in [5.74, 6) is 0.448. The number of aromatic nitrogens is 2. The number of hydrogen-bond acceptors (Lipinski definition) is 11. The van der Waals surface area contributed by atoms with Gasteiger partial charge in [-0.15, -0.1) is 22.7 Å². The van der Waals surface area contributed by atoms with Crippen molar-refractivity contribution in [2.75, 3.05) is 13.1 Å². The van der Waals surface area contributed by atoms with Gasteiger partial charge in [0.25, 0.3) is 11.8 Å². The molecule has 2 aromatic rings. The average Bonchev–Trinajstić information content (AvgIpc) is 3.60. The zero-order valence-electron chi connectivity index (χ0n) is 20.1. The fraction of sp³-hybridized carbons (Fsp3) is 0.417. The van der Waals surface area contributed by atoms with Crippen molar-refractivity contribution in [1.82, 2.24) is 19.8 Å². The fourth-order valence-electron chi connectivity index (χ4n) is 4.92. The van der Waals surface area contributed by atoms with Gasteiger partial charge in [-0.1, -0.05) is 54.4 Å². The summed E-state index contributed by atoms with van der Waals surface area (Å²) in [5.41, 5.74) is 0.428. The van der Waals surface area contributed by atoms with Crippen molar-refractivity contribution < 1.29 is 14.3 Å². The highest BCUT2D eigenvalue weighted by Crippen LogP contribution is 2.55. The normalized spacial score (nSPS) is 23.0. The van der Waals surface area contributed by atoms with Crippen molar-refractivity contribution in [3.8, 4) is 15.6 Å². The van der Waals surface area contributed by atoms with Crippen molar-refractivity contribution in [1.29, 1.82) is 0 Å². The maximum absolute atomic E-state index is 12.8. The molecule has 3 aliphatic heterocycles. The van der Waals surface area contributed by atoms with Crippen molar-refractivity contribution in [2.24, 2.45) is 0 Å². The number of thiocarbonyl (C=S) groups is 2. The number of thioether (sulfide) groups is 2.